The Kier molecular flexibility index (Phi) is 6.63. The molecule has 11 heteroatoms. The summed E-state index contributed by atoms with van der Waals surface area (Å²) < 4.78 is 6.07. The van der Waals surface area contributed by atoms with Crippen molar-refractivity contribution in [3.8, 4) is 11.5 Å². The van der Waals surface area contributed by atoms with Gasteiger partial charge in [0.1, 0.15) is 5.75 Å². The number of thioether (sulfide) groups is 1. The van der Waals surface area contributed by atoms with Crippen molar-refractivity contribution in [2.45, 2.75) is 13.8 Å². The van der Waals surface area contributed by atoms with Crippen LogP contribution in [0.3, 0.4) is 0 Å². The second-order valence-corrected chi connectivity index (χ2v) is 9.30. The summed E-state index contributed by atoms with van der Waals surface area (Å²) >= 11 is 6.62. The van der Waals surface area contributed by atoms with E-state index in [4.69, 9.17) is 17.0 Å². The van der Waals surface area contributed by atoms with Gasteiger partial charge in [-0.25, -0.2) is 0 Å². The molecule has 1 aliphatic rings. The highest BCUT2D eigenvalue weighted by molar-refractivity contribution is 8.27. The number of carbonyl (C=O) groups is 1. The van der Waals surface area contributed by atoms with Crippen LogP contribution in [0.2, 0.25) is 0 Å². The van der Waals surface area contributed by atoms with E-state index in [0.717, 1.165) is 23.3 Å². The number of nitro benzene ring substituents is 2. The molecular weight excluding hydrogens is 490 g/mol. The van der Waals surface area contributed by atoms with E-state index in [1.807, 2.05) is 32.0 Å². The molecule has 0 aromatic heterocycles. The van der Waals surface area contributed by atoms with Gasteiger partial charge in [0.05, 0.1) is 26.5 Å². The van der Waals surface area contributed by atoms with Gasteiger partial charge in [0.25, 0.3) is 11.6 Å². The van der Waals surface area contributed by atoms with E-state index in [1.165, 1.54) is 22.7 Å². The topological polar surface area (TPSA) is 116 Å². The Bertz CT molecular complexity index is 1440. The van der Waals surface area contributed by atoms with E-state index in [9.17, 15) is 25.0 Å². The predicted octanol–water partition coefficient (Wildman–Crippen LogP) is 6.32. The average molecular weight is 508 g/mol. The van der Waals surface area contributed by atoms with E-state index in [-0.39, 0.29) is 17.4 Å². The van der Waals surface area contributed by atoms with Crippen LogP contribution < -0.4 is 9.64 Å². The van der Waals surface area contributed by atoms with Crippen molar-refractivity contribution < 1.29 is 19.4 Å². The highest BCUT2D eigenvalue weighted by Gasteiger charge is 2.33. The lowest BCUT2D eigenvalue weighted by atomic mass is 10.1. The molecule has 35 heavy (non-hydrogen) atoms. The van der Waals surface area contributed by atoms with Gasteiger partial charge in [0, 0.05) is 6.07 Å². The molecule has 0 N–H and O–H groups in total. The number of rotatable bonds is 6. The molecule has 3 aromatic rings. The van der Waals surface area contributed by atoms with E-state index >= 15 is 0 Å². The SMILES string of the molecule is Cc1ccc(N2C(=O)/C(=C\c3cccc(Oc4ccc([N+](=O)[O-])cc4[N+](=O)[O-])c3)SC2=S)cc1C. The molecule has 0 unspecified atom stereocenters. The van der Waals surface area contributed by atoms with Crippen LogP contribution in [0.4, 0.5) is 17.1 Å². The molecule has 1 saturated heterocycles. The van der Waals surface area contributed by atoms with Gasteiger partial charge in [0.2, 0.25) is 5.75 Å². The van der Waals surface area contributed by atoms with Gasteiger partial charge in [-0.1, -0.05) is 42.2 Å². The molecule has 0 radical (unpaired) electrons. The summed E-state index contributed by atoms with van der Waals surface area (Å²) in [7, 11) is 0. The van der Waals surface area contributed by atoms with Crippen molar-refractivity contribution in [2.24, 2.45) is 0 Å². The average Bonchev–Trinajstić information content (AvgIpc) is 3.08. The van der Waals surface area contributed by atoms with Gasteiger partial charge >= 0.3 is 5.69 Å². The van der Waals surface area contributed by atoms with Gasteiger partial charge in [-0.15, -0.1) is 0 Å². The van der Waals surface area contributed by atoms with Crippen molar-refractivity contribution in [1.29, 1.82) is 0 Å². The quantitative estimate of drug-likeness (QED) is 0.165. The molecular formula is C24H17N3O6S2. The Labute approximate surface area is 209 Å². The van der Waals surface area contributed by atoms with Crippen LogP contribution in [0.25, 0.3) is 6.08 Å². The van der Waals surface area contributed by atoms with Gasteiger partial charge in [-0.2, -0.15) is 0 Å². The number of aryl methyl sites for hydroxylation is 2. The zero-order chi connectivity index (χ0) is 25.3. The summed E-state index contributed by atoms with van der Waals surface area (Å²) in [5, 5.41) is 22.3. The minimum Gasteiger partial charge on any atom is -0.450 e. The van der Waals surface area contributed by atoms with Crippen LogP contribution in [-0.2, 0) is 4.79 Å². The van der Waals surface area contributed by atoms with Gasteiger partial charge < -0.3 is 4.74 Å². The predicted molar refractivity (Wildman–Crippen MR) is 138 cm³/mol. The second-order valence-electron chi connectivity index (χ2n) is 7.63. The Morgan fingerprint density at radius 3 is 2.43 bits per heavy atom. The number of hydrogen-bond acceptors (Lipinski definition) is 8. The second kappa shape index (κ2) is 9.65. The summed E-state index contributed by atoms with van der Waals surface area (Å²) in [5.74, 6) is -0.125. The normalized spacial score (nSPS) is 14.5. The molecule has 1 heterocycles. The van der Waals surface area contributed by atoms with E-state index in [0.29, 0.717) is 20.5 Å². The number of thiocarbonyl (C=S) groups is 1. The van der Waals surface area contributed by atoms with Gasteiger partial charge in [-0.3, -0.25) is 29.9 Å². The molecule has 0 saturated carbocycles. The molecule has 1 aliphatic heterocycles. The molecule has 0 spiro atoms. The third-order valence-electron chi connectivity index (χ3n) is 5.28. The molecule has 3 aromatic carbocycles. The minimum atomic E-state index is -0.746. The third kappa shape index (κ3) is 5.05. The Morgan fingerprint density at radius 2 is 1.74 bits per heavy atom. The van der Waals surface area contributed by atoms with Crippen molar-refractivity contribution in [1.82, 2.24) is 0 Å². The van der Waals surface area contributed by atoms with Crippen molar-refractivity contribution in [3.63, 3.8) is 0 Å². The first-order valence-electron chi connectivity index (χ1n) is 10.2. The number of carbonyl (C=O) groups excluding carboxylic acids is 1. The van der Waals surface area contributed by atoms with Crippen LogP contribution in [0.1, 0.15) is 16.7 Å². The Balaban J connectivity index is 1.60. The Hall–Kier alpha value is -4.09. The lowest BCUT2D eigenvalue weighted by molar-refractivity contribution is -0.394. The summed E-state index contributed by atoms with van der Waals surface area (Å²) in [6, 6.07) is 15.5. The zero-order valence-corrected chi connectivity index (χ0v) is 20.1. The molecule has 0 aliphatic carbocycles. The lowest BCUT2D eigenvalue weighted by Gasteiger charge is -2.15. The van der Waals surface area contributed by atoms with Gasteiger partial charge in [0.15, 0.2) is 4.32 Å². The molecule has 1 fully saturated rings. The molecule has 4 rings (SSSR count). The number of anilines is 1. The van der Waals surface area contributed by atoms with Crippen LogP contribution in [-0.4, -0.2) is 20.1 Å². The summed E-state index contributed by atoms with van der Waals surface area (Å²) in [6.45, 7) is 3.96. The number of benzene rings is 3. The van der Waals surface area contributed by atoms with Crippen LogP contribution in [0, 0.1) is 34.1 Å². The summed E-state index contributed by atoms with van der Waals surface area (Å²) in [4.78, 5) is 35.9. The van der Waals surface area contributed by atoms with E-state index < -0.39 is 21.2 Å². The number of amides is 1. The Morgan fingerprint density at radius 1 is 0.971 bits per heavy atom. The number of ether oxygens (including phenoxy) is 1. The van der Waals surface area contributed by atoms with E-state index in [2.05, 4.69) is 0 Å². The largest absolute Gasteiger partial charge is 0.450 e. The van der Waals surface area contributed by atoms with Crippen molar-refractivity contribution in [3.05, 3.63) is 102 Å². The van der Waals surface area contributed by atoms with Crippen LogP contribution >= 0.6 is 24.0 Å². The van der Waals surface area contributed by atoms with Crippen LogP contribution in [0.15, 0.2) is 65.6 Å². The first-order valence-corrected chi connectivity index (χ1v) is 11.4. The molecule has 9 nitrogen and oxygen atoms in total. The first-order chi connectivity index (χ1) is 16.6. The van der Waals surface area contributed by atoms with E-state index in [1.54, 1.807) is 30.3 Å². The third-order valence-corrected chi connectivity index (χ3v) is 6.58. The highest BCUT2D eigenvalue weighted by atomic mass is 32.2. The zero-order valence-electron chi connectivity index (χ0n) is 18.5. The maximum absolute atomic E-state index is 13.1. The molecule has 0 bridgehead atoms. The van der Waals surface area contributed by atoms with Crippen molar-refractivity contribution >= 4 is 57.3 Å². The van der Waals surface area contributed by atoms with Gasteiger partial charge in [-0.05, 0) is 66.9 Å². The number of non-ortho nitro benzene ring substituents is 1. The van der Waals surface area contributed by atoms with Crippen molar-refractivity contribution in [2.75, 3.05) is 4.90 Å². The molecule has 1 amide bonds. The fraction of sp³-hybridized carbons (Fsp3) is 0.0833. The van der Waals surface area contributed by atoms with Crippen LogP contribution in [0.5, 0.6) is 11.5 Å². The smallest absolute Gasteiger partial charge is 0.318 e. The standard InChI is InChI=1S/C24H17N3O6S2/c1-14-6-7-17(10-15(14)2)25-23(28)22(35-24(25)34)12-16-4-3-5-19(11-16)33-21-9-8-18(26(29)30)13-20(21)27(31)32/h3-13H,1-2H3/b22-12+. The number of nitrogens with zero attached hydrogens (tertiary/aromatic N) is 3. The first kappa shape index (κ1) is 24.0. The summed E-state index contributed by atoms with van der Waals surface area (Å²) in [5.41, 5.74) is 2.53. The maximum Gasteiger partial charge on any atom is 0.318 e. The fourth-order valence-corrected chi connectivity index (χ4v) is 4.65. The molecule has 0 atom stereocenters. The maximum atomic E-state index is 13.1. The minimum absolute atomic E-state index is 0.140. The molecule has 176 valence electrons. The highest BCUT2D eigenvalue weighted by Crippen LogP contribution is 2.38. The lowest BCUT2D eigenvalue weighted by Crippen LogP contribution is -2.27. The number of nitro groups is 2. The fourth-order valence-electron chi connectivity index (χ4n) is 3.35. The summed E-state index contributed by atoms with van der Waals surface area (Å²) in [6.07, 6.45) is 1.66. The number of hydrogen-bond donors (Lipinski definition) is 0. The monoisotopic (exact) mass is 507 g/mol.